The van der Waals surface area contributed by atoms with E-state index in [0.717, 1.165) is 36.6 Å². The Kier molecular flexibility index (Phi) is 6.56. The summed E-state index contributed by atoms with van der Waals surface area (Å²) in [6, 6.07) is 11.9. The van der Waals surface area contributed by atoms with Crippen molar-refractivity contribution in [3.63, 3.8) is 0 Å². The lowest BCUT2D eigenvalue weighted by Gasteiger charge is -2.32. The Morgan fingerprint density at radius 2 is 1.71 bits per heavy atom. The molecule has 182 valence electrons. The molecule has 4 heterocycles. The number of aromatic amines is 1. The van der Waals surface area contributed by atoms with Crippen LogP contribution < -0.4 is 4.74 Å². The first-order valence-electron chi connectivity index (χ1n) is 12.6. The zero-order chi connectivity index (χ0) is 24.5. The van der Waals surface area contributed by atoms with Gasteiger partial charge in [0, 0.05) is 52.4 Å². The van der Waals surface area contributed by atoms with Crippen molar-refractivity contribution >= 4 is 10.9 Å². The van der Waals surface area contributed by atoms with Gasteiger partial charge in [0.15, 0.2) is 0 Å². The van der Waals surface area contributed by atoms with E-state index in [2.05, 4.69) is 82.9 Å². The van der Waals surface area contributed by atoms with Crippen LogP contribution in [0, 0.1) is 13.8 Å². The molecule has 1 aliphatic heterocycles. The number of benzene rings is 1. The fraction of sp³-hybridized carbons (Fsp3) is 0.414. The van der Waals surface area contributed by atoms with Crippen molar-refractivity contribution in [2.45, 2.75) is 58.9 Å². The summed E-state index contributed by atoms with van der Waals surface area (Å²) in [5.41, 5.74) is 9.79. The Labute approximate surface area is 207 Å². The number of aryl methyl sites for hydroxylation is 2. The lowest BCUT2D eigenvalue weighted by Crippen LogP contribution is -2.32. The van der Waals surface area contributed by atoms with Crippen LogP contribution >= 0.6 is 0 Å². The van der Waals surface area contributed by atoms with Crippen LogP contribution in [-0.2, 0) is 6.54 Å². The number of nitrogens with zero attached hydrogens (tertiary/aromatic N) is 4. The molecule has 1 fully saturated rings. The number of fused-ring (bicyclic) bond motifs is 1. The second-order valence-electron chi connectivity index (χ2n) is 10.1. The van der Waals surface area contributed by atoms with Crippen LogP contribution in [0.2, 0.25) is 0 Å². The number of likely N-dealkylation sites (tertiary alicyclic amines) is 1. The Balaban J connectivity index is 1.36. The van der Waals surface area contributed by atoms with E-state index in [1.807, 2.05) is 12.4 Å². The van der Waals surface area contributed by atoms with Crippen molar-refractivity contribution in [3.05, 3.63) is 70.8 Å². The number of aromatic nitrogens is 4. The third-order valence-electron chi connectivity index (χ3n) is 7.14. The van der Waals surface area contributed by atoms with E-state index in [1.54, 1.807) is 7.11 Å². The number of rotatable bonds is 6. The third kappa shape index (κ3) is 4.94. The molecule has 5 rings (SSSR count). The fourth-order valence-corrected chi connectivity index (χ4v) is 5.50. The molecule has 0 spiro atoms. The Hall–Kier alpha value is -3.25. The van der Waals surface area contributed by atoms with Crippen molar-refractivity contribution < 1.29 is 4.74 Å². The van der Waals surface area contributed by atoms with E-state index in [-0.39, 0.29) is 0 Å². The molecule has 0 saturated carbocycles. The van der Waals surface area contributed by atoms with Gasteiger partial charge in [0.25, 0.3) is 0 Å². The molecule has 0 aliphatic carbocycles. The topological polar surface area (TPSA) is 66.9 Å². The SMILES string of the molecule is COc1ncc(CN2CCC(c3ccc4[nH]c(-c5cc(C)nc(C)c5)c(C(C)C)c4c3)CC2)cn1. The number of ether oxygens (including phenoxy) is 1. The molecular formula is C29H35N5O. The van der Waals surface area contributed by atoms with Gasteiger partial charge >= 0.3 is 6.01 Å². The van der Waals surface area contributed by atoms with Gasteiger partial charge in [-0.2, -0.15) is 0 Å². The minimum Gasteiger partial charge on any atom is -0.467 e. The van der Waals surface area contributed by atoms with E-state index in [1.165, 1.54) is 46.1 Å². The van der Waals surface area contributed by atoms with Crippen molar-refractivity contribution in [1.82, 2.24) is 24.8 Å². The van der Waals surface area contributed by atoms with Crippen LogP contribution in [-0.4, -0.2) is 45.0 Å². The van der Waals surface area contributed by atoms with Crippen molar-refractivity contribution in [1.29, 1.82) is 0 Å². The van der Waals surface area contributed by atoms with Crippen LogP contribution in [0.15, 0.2) is 42.7 Å². The molecular weight excluding hydrogens is 434 g/mol. The number of pyridine rings is 1. The maximum absolute atomic E-state index is 5.07. The predicted octanol–water partition coefficient (Wildman–Crippen LogP) is 6.15. The second kappa shape index (κ2) is 9.78. The molecule has 6 nitrogen and oxygen atoms in total. The minimum absolute atomic E-state index is 0.422. The number of hydrogen-bond donors (Lipinski definition) is 1. The molecule has 1 saturated heterocycles. The maximum Gasteiger partial charge on any atom is 0.316 e. The quantitative estimate of drug-likeness (QED) is 0.367. The maximum atomic E-state index is 5.07. The lowest BCUT2D eigenvalue weighted by molar-refractivity contribution is 0.204. The van der Waals surface area contributed by atoms with Crippen LogP contribution in [0.4, 0.5) is 0 Å². The molecule has 1 N–H and O–H groups in total. The molecule has 0 amide bonds. The fourth-order valence-electron chi connectivity index (χ4n) is 5.50. The van der Waals surface area contributed by atoms with Crippen LogP contribution in [0.25, 0.3) is 22.2 Å². The molecule has 1 aliphatic rings. The number of hydrogen-bond acceptors (Lipinski definition) is 5. The highest BCUT2D eigenvalue weighted by Gasteiger charge is 2.23. The first kappa shape index (κ1) is 23.5. The summed E-state index contributed by atoms with van der Waals surface area (Å²) in [6.45, 7) is 11.8. The highest BCUT2D eigenvalue weighted by molar-refractivity contribution is 5.92. The van der Waals surface area contributed by atoms with E-state index in [0.29, 0.717) is 17.8 Å². The van der Waals surface area contributed by atoms with E-state index >= 15 is 0 Å². The minimum atomic E-state index is 0.422. The van der Waals surface area contributed by atoms with Gasteiger partial charge in [0.05, 0.1) is 12.8 Å². The number of H-pyrrole nitrogens is 1. The predicted molar refractivity (Wildman–Crippen MR) is 141 cm³/mol. The normalized spacial score (nSPS) is 15.3. The number of piperidine rings is 1. The first-order valence-corrected chi connectivity index (χ1v) is 12.6. The number of methoxy groups -OCH3 is 1. The van der Waals surface area contributed by atoms with E-state index < -0.39 is 0 Å². The summed E-state index contributed by atoms with van der Waals surface area (Å²) >= 11 is 0. The monoisotopic (exact) mass is 469 g/mol. The largest absolute Gasteiger partial charge is 0.467 e. The van der Waals surface area contributed by atoms with Gasteiger partial charge in [0.1, 0.15) is 0 Å². The standard InChI is InChI=1S/C29H35N5O/c1-18(2)27-25-14-23(6-7-26(25)33-28(27)24-12-19(3)32-20(4)13-24)22-8-10-34(11-9-22)17-21-15-30-29(35-5)31-16-21/h6-7,12-16,18,22,33H,8-11,17H2,1-5H3. The molecule has 4 aromatic rings. The Morgan fingerprint density at radius 3 is 2.34 bits per heavy atom. The average molecular weight is 470 g/mol. The zero-order valence-corrected chi connectivity index (χ0v) is 21.4. The van der Waals surface area contributed by atoms with Gasteiger partial charge in [-0.25, -0.2) is 9.97 Å². The molecule has 0 unspecified atom stereocenters. The summed E-state index contributed by atoms with van der Waals surface area (Å²) in [7, 11) is 1.59. The van der Waals surface area contributed by atoms with Gasteiger partial charge in [-0.3, -0.25) is 9.88 Å². The summed E-state index contributed by atoms with van der Waals surface area (Å²) < 4.78 is 5.07. The van der Waals surface area contributed by atoms with Crippen molar-refractivity contribution in [2.75, 3.05) is 20.2 Å². The Bertz CT molecular complexity index is 1300. The highest BCUT2D eigenvalue weighted by atomic mass is 16.5. The van der Waals surface area contributed by atoms with Gasteiger partial charge in [-0.1, -0.05) is 19.9 Å². The second-order valence-corrected chi connectivity index (χ2v) is 10.1. The van der Waals surface area contributed by atoms with Crippen LogP contribution in [0.5, 0.6) is 6.01 Å². The molecule has 0 atom stereocenters. The van der Waals surface area contributed by atoms with Gasteiger partial charge < -0.3 is 9.72 Å². The molecule has 3 aromatic heterocycles. The zero-order valence-electron chi connectivity index (χ0n) is 21.4. The van der Waals surface area contributed by atoms with Crippen LogP contribution in [0.3, 0.4) is 0 Å². The third-order valence-corrected chi connectivity index (χ3v) is 7.14. The molecule has 1 aromatic carbocycles. The Morgan fingerprint density at radius 1 is 1.03 bits per heavy atom. The highest BCUT2D eigenvalue weighted by Crippen LogP contribution is 2.38. The van der Waals surface area contributed by atoms with Crippen molar-refractivity contribution in [3.8, 4) is 17.3 Å². The summed E-state index contributed by atoms with van der Waals surface area (Å²) in [4.78, 5) is 19.3. The molecule has 0 radical (unpaired) electrons. The number of nitrogens with one attached hydrogen (secondary N) is 1. The van der Waals surface area contributed by atoms with Crippen LogP contribution in [0.1, 0.15) is 66.6 Å². The smallest absolute Gasteiger partial charge is 0.316 e. The van der Waals surface area contributed by atoms with Crippen molar-refractivity contribution in [2.24, 2.45) is 0 Å². The lowest BCUT2D eigenvalue weighted by atomic mass is 9.87. The van der Waals surface area contributed by atoms with E-state index in [4.69, 9.17) is 4.74 Å². The summed E-state index contributed by atoms with van der Waals surface area (Å²) in [5.74, 6) is 1.02. The van der Waals surface area contributed by atoms with Gasteiger partial charge in [0.2, 0.25) is 0 Å². The van der Waals surface area contributed by atoms with E-state index in [9.17, 15) is 0 Å². The molecule has 0 bridgehead atoms. The molecule has 35 heavy (non-hydrogen) atoms. The average Bonchev–Trinajstić information content (AvgIpc) is 3.24. The van der Waals surface area contributed by atoms with Gasteiger partial charge in [-0.15, -0.1) is 0 Å². The summed E-state index contributed by atoms with van der Waals surface area (Å²) in [5, 5.41) is 1.36. The molecule has 6 heteroatoms. The first-order chi connectivity index (χ1) is 16.9. The summed E-state index contributed by atoms with van der Waals surface area (Å²) in [6.07, 6.45) is 6.07. The van der Waals surface area contributed by atoms with Gasteiger partial charge in [-0.05, 0) is 87.0 Å².